The maximum absolute atomic E-state index is 14.2. The molecule has 0 N–H and O–H groups in total. The molecule has 0 atom stereocenters. The van der Waals surface area contributed by atoms with E-state index in [0.717, 1.165) is 11.4 Å². The highest BCUT2D eigenvalue weighted by atomic mass is 32.1. The first kappa shape index (κ1) is 20.2. The number of thiazole rings is 1. The largest absolute Gasteiger partial charge is 0.308 e. The van der Waals surface area contributed by atoms with Gasteiger partial charge in [-0.15, -0.1) is 0 Å². The third-order valence-electron chi connectivity index (χ3n) is 4.85. The van der Waals surface area contributed by atoms with Crippen molar-refractivity contribution in [3.05, 3.63) is 71.8 Å². The van der Waals surface area contributed by atoms with E-state index in [9.17, 15) is 9.18 Å². The van der Waals surface area contributed by atoms with E-state index in [-0.39, 0.29) is 17.2 Å². The van der Waals surface area contributed by atoms with Gasteiger partial charge in [-0.2, -0.15) is 5.10 Å². The third-order valence-corrected chi connectivity index (χ3v) is 5.89. The van der Waals surface area contributed by atoms with E-state index in [4.69, 9.17) is 0 Å². The molecule has 2 aromatic heterocycles. The molecule has 30 heavy (non-hydrogen) atoms. The van der Waals surface area contributed by atoms with Gasteiger partial charge in [-0.05, 0) is 45.3 Å². The molecule has 4 aromatic rings. The Hall–Kier alpha value is -3.10. The predicted octanol–water partition coefficient (Wildman–Crippen LogP) is 4.14. The van der Waals surface area contributed by atoms with Crippen LogP contribution in [0.4, 0.5) is 9.52 Å². The minimum Gasteiger partial charge on any atom is -0.308 e. The second-order valence-electron chi connectivity index (χ2n) is 7.23. The molecule has 0 fully saturated rings. The molecule has 0 radical (unpaired) electrons. The highest BCUT2D eigenvalue weighted by Gasteiger charge is 2.25. The first-order chi connectivity index (χ1) is 14.5. The lowest BCUT2D eigenvalue weighted by Crippen LogP contribution is -2.37. The zero-order valence-electron chi connectivity index (χ0n) is 17.0. The molecule has 0 aliphatic rings. The van der Waals surface area contributed by atoms with Gasteiger partial charge in [0.2, 0.25) is 0 Å². The van der Waals surface area contributed by atoms with Gasteiger partial charge in [0.25, 0.3) is 5.91 Å². The van der Waals surface area contributed by atoms with Gasteiger partial charge in [0.15, 0.2) is 5.13 Å². The Bertz CT molecular complexity index is 1180. The highest BCUT2D eigenvalue weighted by molar-refractivity contribution is 7.22. The lowest BCUT2D eigenvalue weighted by molar-refractivity contribution is 0.0984. The number of hydrogen-bond acceptors (Lipinski definition) is 5. The fraction of sp³-hybridized carbons (Fsp3) is 0.227. The Morgan fingerprint density at radius 1 is 1.10 bits per heavy atom. The second kappa shape index (κ2) is 8.33. The van der Waals surface area contributed by atoms with Crippen molar-refractivity contribution >= 4 is 32.6 Å². The van der Waals surface area contributed by atoms with E-state index < -0.39 is 0 Å². The summed E-state index contributed by atoms with van der Waals surface area (Å²) in [7, 11) is 3.89. The van der Waals surface area contributed by atoms with Crippen LogP contribution < -0.4 is 4.90 Å². The fourth-order valence-corrected chi connectivity index (χ4v) is 4.20. The second-order valence-corrected chi connectivity index (χ2v) is 8.24. The van der Waals surface area contributed by atoms with Crippen LogP contribution in [-0.2, 0) is 0 Å². The summed E-state index contributed by atoms with van der Waals surface area (Å²) < 4.78 is 16.6. The van der Waals surface area contributed by atoms with E-state index in [1.165, 1.54) is 17.4 Å². The van der Waals surface area contributed by atoms with Crippen LogP contribution in [0.3, 0.4) is 0 Å². The number of nitrogens with zero attached hydrogens (tertiary/aromatic N) is 5. The number of halogens is 1. The van der Waals surface area contributed by atoms with Gasteiger partial charge in [-0.25, -0.2) is 14.1 Å². The standard InChI is InChI=1S/C22H22FN5OS/c1-15-17(14-24-28(15)16-8-5-4-6-9-16)21(29)27(13-12-26(2)3)22-25-20-18(23)10-7-11-19(20)30-22/h4-11,14H,12-13H2,1-3H3. The number of benzene rings is 2. The van der Waals surface area contributed by atoms with Crippen molar-refractivity contribution in [2.75, 3.05) is 32.1 Å². The maximum atomic E-state index is 14.2. The smallest absolute Gasteiger partial charge is 0.263 e. The molecule has 0 spiro atoms. The Kier molecular flexibility index (Phi) is 5.61. The number of fused-ring (bicyclic) bond motifs is 1. The Labute approximate surface area is 178 Å². The minimum absolute atomic E-state index is 0.198. The number of rotatable bonds is 6. The summed E-state index contributed by atoms with van der Waals surface area (Å²) >= 11 is 1.31. The van der Waals surface area contributed by atoms with Crippen LogP contribution in [0.15, 0.2) is 54.7 Å². The summed E-state index contributed by atoms with van der Waals surface area (Å²) in [5, 5.41) is 4.90. The van der Waals surface area contributed by atoms with Gasteiger partial charge in [-0.1, -0.05) is 35.6 Å². The molecule has 2 aromatic carbocycles. The summed E-state index contributed by atoms with van der Waals surface area (Å²) in [4.78, 5) is 21.6. The molecule has 0 bridgehead atoms. The molecule has 154 valence electrons. The average molecular weight is 424 g/mol. The Morgan fingerprint density at radius 3 is 2.57 bits per heavy atom. The van der Waals surface area contributed by atoms with Crippen LogP contribution in [0, 0.1) is 12.7 Å². The van der Waals surface area contributed by atoms with E-state index >= 15 is 0 Å². The van der Waals surface area contributed by atoms with Crippen molar-refractivity contribution in [2.45, 2.75) is 6.92 Å². The zero-order valence-corrected chi connectivity index (χ0v) is 17.9. The van der Waals surface area contributed by atoms with Gasteiger partial charge in [0.1, 0.15) is 11.3 Å². The SMILES string of the molecule is Cc1c(C(=O)N(CCN(C)C)c2nc3c(F)cccc3s2)cnn1-c1ccccc1. The minimum atomic E-state index is -0.386. The number of carbonyl (C=O) groups is 1. The number of amides is 1. The number of likely N-dealkylation sites (N-methyl/N-ethyl adjacent to an activating group) is 1. The predicted molar refractivity (Wildman–Crippen MR) is 118 cm³/mol. The Balaban J connectivity index is 1.73. The molecule has 0 aliphatic heterocycles. The van der Waals surface area contributed by atoms with Gasteiger partial charge in [-0.3, -0.25) is 9.69 Å². The topological polar surface area (TPSA) is 54.3 Å². The zero-order chi connectivity index (χ0) is 21.3. The van der Waals surface area contributed by atoms with Crippen LogP contribution in [-0.4, -0.2) is 52.8 Å². The lowest BCUT2D eigenvalue weighted by atomic mass is 10.2. The summed E-state index contributed by atoms with van der Waals surface area (Å²) in [5.41, 5.74) is 2.42. The maximum Gasteiger partial charge on any atom is 0.263 e. The number of aromatic nitrogens is 3. The van der Waals surface area contributed by atoms with Crippen molar-refractivity contribution in [1.82, 2.24) is 19.7 Å². The molecule has 6 nitrogen and oxygen atoms in total. The van der Waals surface area contributed by atoms with E-state index in [0.29, 0.717) is 28.5 Å². The molecular weight excluding hydrogens is 401 g/mol. The summed E-state index contributed by atoms with van der Waals surface area (Å²) in [6, 6.07) is 14.5. The lowest BCUT2D eigenvalue weighted by Gasteiger charge is -2.21. The molecule has 2 heterocycles. The van der Waals surface area contributed by atoms with Crippen LogP contribution in [0.5, 0.6) is 0 Å². The first-order valence-corrected chi connectivity index (χ1v) is 10.4. The molecule has 0 unspecified atom stereocenters. The Morgan fingerprint density at radius 2 is 1.87 bits per heavy atom. The molecular formula is C22H22FN5OS. The number of para-hydroxylation sites is 2. The molecule has 0 saturated heterocycles. The first-order valence-electron chi connectivity index (χ1n) is 9.57. The summed E-state index contributed by atoms with van der Waals surface area (Å²) in [6.07, 6.45) is 1.58. The summed E-state index contributed by atoms with van der Waals surface area (Å²) in [5.74, 6) is -0.584. The van der Waals surface area contributed by atoms with Gasteiger partial charge in [0, 0.05) is 13.1 Å². The van der Waals surface area contributed by atoms with Crippen molar-refractivity contribution in [2.24, 2.45) is 0 Å². The number of carbonyl (C=O) groups excluding carboxylic acids is 1. The van der Waals surface area contributed by atoms with Gasteiger partial charge >= 0.3 is 0 Å². The van der Waals surface area contributed by atoms with Crippen molar-refractivity contribution in [3.8, 4) is 5.69 Å². The molecule has 8 heteroatoms. The molecule has 1 amide bonds. The average Bonchev–Trinajstić information content (AvgIpc) is 3.33. The van der Waals surface area contributed by atoms with Crippen LogP contribution >= 0.6 is 11.3 Å². The summed E-state index contributed by atoms with van der Waals surface area (Å²) in [6.45, 7) is 2.95. The van der Waals surface area contributed by atoms with Gasteiger partial charge in [0.05, 0.1) is 27.8 Å². The van der Waals surface area contributed by atoms with Crippen LogP contribution in [0.25, 0.3) is 15.9 Å². The fourth-order valence-electron chi connectivity index (χ4n) is 3.20. The highest BCUT2D eigenvalue weighted by Crippen LogP contribution is 2.31. The molecule has 0 saturated carbocycles. The van der Waals surface area contributed by atoms with Crippen molar-refractivity contribution in [3.63, 3.8) is 0 Å². The van der Waals surface area contributed by atoms with Gasteiger partial charge < -0.3 is 4.90 Å². The van der Waals surface area contributed by atoms with E-state index in [2.05, 4.69) is 10.1 Å². The van der Waals surface area contributed by atoms with Crippen molar-refractivity contribution in [1.29, 1.82) is 0 Å². The quantitative estimate of drug-likeness (QED) is 0.468. The van der Waals surface area contributed by atoms with Crippen LogP contribution in [0.1, 0.15) is 16.1 Å². The molecule has 0 aliphatic carbocycles. The van der Waals surface area contributed by atoms with E-state index in [1.807, 2.05) is 62.3 Å². The third kappa shape index (κ3) is 3.83. The van der Waals surface area contributed by atoms with E-state index in [1.54, 1.807) is 21.8 Å². The molecule has 4 rings (SSSR count). The number of anilines is 1. The monoisotopic (exact) mass is 423 g/mol. The van der Waals surface area contributed by atoms with Crippen LogP contribution in [0.2, 0.25) is 0 Å². The number of hydrogen-bond donors (Lipinski definition) is 0. The van der Waals surface area contributed by atoms with Crippen molar-refractivity contribution < 1.29 is 9.18 Å². The normalized spacial score (nSPS) is 11.4.